The Bertz CT molecular complexity index is 361. The molecule has 1 aromatic rings. The van der Waals surface area contributed by atoms with Crippen molar-refractivity contribution >= 4 is 21.7 Å². The number of hydrogen-bond donors (Lipinski definition) is 1. The first-order valence-electron chi connectivity index (χ1n) is 5.32. The Morgan fingerprint density at radius 3 is 2.62 bits per heavy atom. The van der Waals surface area contributed by atoms with Gasteiger partial charge in [-0.15, -0.1) is 0 Å². The van der Waals surface area contributed by atoms with E-state index >= 15 is 0 Å². The molecular formula is C11H13BrF2N2. The molecule has 88 valence electrons. The van der Waals surface area contributed by atoms with Gasteiger partial charge in [0, 0.05) is 18.9 Å². The lowest BCUT2D eigenvalue weighted by atomic mass is 9.92. The molecule has 1 N–H and O–H groups in total. The van der Waals surface area contributed by atoms with Crippen molar-refractivity contribution in [1.82, 2.24) is 4.98 Å². The van der Waals surface area contributed by atoms with Crippen LogP contribution >= 0.6 is 15.9 Å². The maximum absolute atomic E-state index is 12.9. The number of pyridine rings is 1. The Morgan fingerprint density at radius 2 is 2.00 bits per heavy atom. The molecule has 5 heteroatoms. The van der Waals surface area contributed by atoms with Gasteiger partial charge in [0.15, 0.2) is 0 Å². The van der Waals surface area contributed by atoms with Crippen LogP contribution in [0.5, 0.6) is 0 Å². The maximum Gasteiger partial charge on any atom is 0.248 e. The molecule has 1 saturated carbocycles. The third-order valence-electron chi connectivity index (χ3n) is 2.78. The lowest BCUT2D eigenvalue weighted by Gasteiger charge is -2.29. The minimum Gasteiger partial charge on any atom is -0.367 e. The molecule has 0 bridgehead atoms. The Hall–Kier alpha value is -0.710. The number of halogens is 3. The number of rotatable bonds is 2. The molecule has 0 aromatic carbocycles. The van der Waals surface area contributed by atoms with Gasteiger partial charge in [0.05, 0.1) is 0 Å². The number of aromatic nitrogens is 1. The van der Waals surface area contributed by atoms with Crippen LogP contribution in [0.2, 0.25) is 0 Å². The van der Waals surface area contributed by atoms with Crippen LogP contribution in [0, 0.1) is 0 Å². The van der Waals surface area contributed by atoms with Crippen LogP contribution < -0.4 is 5.32 Å². The standard InChI is InChI=1S/C11H13BrF2N2/c12-9-2-1-3-10(16-9)15-8-4-6-11(13,14)7-5-8/h1-3,8H,4-7H2,(H,15,16). The van der Waals surface area contributed by atoms with Crippen LogP contribution in [0.15, 0.2) is 22.8 Å². The minimum atomic E-state index is -2.47. The van der Waals surface area contributed by atoms with Crippen molar-refractivity contribution in [1.29, 1.82) is 0 Å². The molecule has 0 amide bonds. The van der Waals surface area contributed by atoms with Crippen molar-refractivity contribution < 1.29 is 8.78 Å². The molecule has 1 aliphatic rings. The molecule has 1 aromatic heterocycles. The monoisotopic (exact) mass is 290 g/mol. The SMILES string of the molecule is FC1(F)CCC(Nc2cccc(Br)n2)CC1. The number of nitrogens with one attached hydrogen (secondary N) is 1. The lowest BCUT2D eigenvalue weighted by molar-refractivity contribution is -0.0361. The number of nitrogens with zero attached hydrogens (tertiary/aromatic N) is 1. The van der Waals surface area contributed by atoms with E-state index in [1.165, 1.54) is 0 Å². The zero-order valence-electron chi connectivity index (χ0n) is 8.72. The second-order valence-electron chi connectivity index (χ2n) is 4.12. The van der Waals surface area contributed by atoms with Crippen molar-refractivity contribution in [2.24, 2.45) is 0 Å². The fourth-order valence-electron chi connectivity index (χ4n) is 1.88. The van der Waals surface area contributed by atoms with Crippen LogP contribution in [0.25, 0.3) is 0 Å². The van der Waals surface area contributed by atoms with Crippen molar-refractivity contribution in [3.8, 4) is 0 Å². The zero-order chi connectivity index (χ0) is 11.6. The molecule has 1 aliphatic carbocycles. The van der Waals surface area contributed by atoms with E-state index in [1.807, 2.05) is 18.2 Å². The van der Waals surface area contributed by atoms with E-state index in [9.17, 15) is 8.78 Å². The van der Waals surface area contributed by atoms with Gasteiger partial charge in [0.2, 0.25) is 5.92 Å². The van der Waals surface area contributed by atoms with Gasteiger partial charge in [0.25, 0.3) is 0 Å². The summed E-state index contributed by atoms with van der Waals surface area (Å²) in [6.45, 7) is 0. The Kier molecular flexibility index (Phi) is 3.42. The Balaban J connectivity index is 1.92. The highest BCUT2D eigenvalue weighted by Gasteiger charge is 2.34. The molecule has 0 spiro atoms. The molecule has 0 saturated heterocycles. The topological polar surface area (TPSA) is 24.9 Å². The lowest BCUT2D eigenvalue weighted by Crippen LogP contribution is -2.32. The first-order chi connectivity index (χ1) is 7.55. The van der Waals surface area contributed by atoms with E-state index in [-0.39, 0.29) is 18.9 Å². The molecule has 0 radical (unpaired) electrons. The van der Waals surface area contributed by atoms with Crippen LogP contribution in [0.4, 0.5) is 14.6 Å². The maximum atomic E-state index is 12.9. The summed E-state index contributed by atoms with van der Waals surface area (Å²) in [6, 6.07) is 5.66. The Labute approximate surface area is 102 Å². The van der Waals surface area contributed by atoms with E-state index < -0.39 is 5.92 Å². The van der Waals surface area contributed by atoms with E-state index in [4.69, 9.17) is 0 Å². The molecular weight excluding hydrogens is 278 g/mol. The fourth-order valence-corrected chi connectivity index (χ4v) is 2.23. The predicted octanol–water partition coefficient (Wildman–Crippen LogP) is 3.83. The summed E-state index contributed by atoms with van der Waals surface area (Å²) in [7, 11) is 0. The highest BCUT2D eigenvalue weighted by atomic mass is 79.9. The van der Waals surface area contributed by atoms with Crippen LogP contribution in [-0.2, 0) is 0 Å². The fraction of sp³-hybridized carbons (Fsp3) is 0.545. The first-order valence-corrected chi connectivity index (χ1v) is 6.11. The molecule has 16 heavy (non-hydrogen) atoms. The summed E-state index contributed by atoms with van der Waals surface area (Å²) in [4.78, 5) is 4.22. The van der Waals surface area contributed by atoms with Crippen LogP contribution in [0.3, 0.4) is 0 Å². The van der Waals surface area contributed by atoms with Crippen LogP contribution in [0.1, 0.15) is 25.7 Å². The second kappa shape index (κ2) is 4.65. The highest BCUT2D eigenvalue weighted by molar-refractivity contribution is 9.10. The van der Waals surface area contributed by atoms with Gasteiger partial charge >= 0.3 is 0 Å². The molecule has 2 rings (SSSR count). The molecule has 0 aliphatic heterocycles. The smallest absolute Gasteiger partial charge is 0.248 e. The average molecular weight is 291 g/mol. The number of anilines is 1. The van der Waals surface area contributed by atoms with Gasteiger partial charge in [-0.25, -0.2) is 13.8 Å². The molecule has 1 heterocycles. The molecule has 0 atom stereocenters. The van der Waals surface area contributed by atoms with Gasteiger partial charge < -0.3 is 5.32 Å². The average Bonchev–Trinajstić information content (AvgIpc) is 2.21. The quantitative estimate of drug-likeness (QED) is 0.838. The van der Waals surface area contributed by atoms with Gasteiger partial charge in [-0.1, -0.05) is 6.07 Å². The summed E-state index contributed by atoms with van der Waals surface area (Å²) in [6.07, 6.45) is 0.944. The normalized spacial score (nSPS) is 20.7. The van der Waals surface area contributed by atoms with Crippen molar-refractivity contribution in [2.45, 2.75) is 37.6 Å². The van der Waals surface area contributed by atoms with E-state index in [0.717, 1.165) is 10.4 Å². The van der Waals surface area contributed by atoms with E-state index in [2.05, 4.69) is 26.2 Å². The van der Waals surface area contributed by atoms with Crippen molar-refractivity contribution in [3.63, 3.8) is 0 Å². The summed E-state index contributed by atoms with van der Waals surface area (Å²) in [5.41, 5.74) is 0. The number of hydrogen-bond acceptors (Lipinski definition) is 2. The number of alkyl halides is 2. The third kappa shape index (κ3) is 3.14. The molecule has 0 unspecified atom stereocenters. The van der Waals surface area contributed by atoms with E-state index in [0.29, 0.717) is 12.8 Å². The summed E-state index contributed by atoms with van der Waals surface area (Å²) in [5.74, 6) is -1.73. The van der Waals surface area contributed by atoms with Gasteiger partial charge in [-0.3, -0.25) is 0 Å². The van der Waals surface area contributed by atoms with Gasteiger partial charge in [-0.05, 0) is 40.9 Å². The molecule has 2 nitrogen and oxygen atoms in total. The summed E-state index contributed by atoms with van der Waals surface area (Å²) in [5, 5.41) is 3.18. The van der Waals surface area contributed by atoms with Crippen molar-refractivity contribution in [3.05, 3.63) is 22.8 Å². The summed E-state index contributed by atoms with van der Waals surface area (Å²) < 4.78 is 26.6. The minimum absolute atomic E-state index is 0.0291. The predicted molar refractivity (Wildman–Crippen MR) is 62.8 cm³/mol. The van der Waals surface area contributed by atoms with Crippen molar-refractivity contribution in [2.75, 3.05) is 5.32 Å². The van der Waals surface area contributed by atoms with Gasteiger partial charge in [-0.2, -0.15) is 0 Å². The first kappa shape index (κ1) is 11.8. The third-order valence-corrected chi connectivity index (χ3v) is 3.23. The zero-order valence-corrected chi connectivity index (χ0v) is 10.3. The molecule has 1 fully saturated rings. The second-order valence-corrected chi connectivity index (χ2v) is 4.93. The largest absolute Gasteiger partial charge is 0.367 e. The summed E-state index contributed by atoms with van der Waals surface area (Å²) >= 11 is 3.27. The Morgan fingerprint density at radius 1 is 1.31 bits per heavy atom. The van der Waals surface area contributed by atoms with Gasteiger partial charge in [0.1, 0.15) is 10.4 Å². The highest BCUT2D eigenvalue weighted by Crippen LogP contribution is 2.34. The van der Waals surface area contributed by atoms with Crippen LogP contribution in [-0.4, -0.2) is 16.9 Å². The van der Waals surface area contributed by atoms with E-state index in [1.54, 1.807) is 0 Å².